The second-order valence-electron chi connectivity index (χ2n) is 6.00. The molecule has 0 heteroatoms. The molecule has 1 rings (SSSR count). The average molecular weight is 234 g/mol. The van der Waals surface area contributed by atoms with E-state index in [1.807, 2.05) is 0 Å². The molecule has 0 heterocycles. The molecule has 0 bridgehead atoms. The van der Waals surface area contributed by atoms with Crippen molar-refractivity contribution in [1.82, 2.24) is 0 Å². The van der Waals surface area contributed by atoms with Crippen LogP contribution in [0.5, 0.6) is 0 Å². The predicted molar refractivity (Wildman–Crippen MR) is 78.0 cm³/mol. The molecule has 0 aliphatic heterocycles. The van der Waals surface area contributed by atoms with E-state index in [1.54, 1.807) is 5.57 Å². The van der Waals surface area contributed by atoms with Crippen molar-refractivity contribution >= 4 is 0 Å². The van der Waals surface area contributed by atoms with Crippen LogP contribution in [0.2, 0.25) is 0 Å². The fourth-order valence-corrected chi connectivity index (χ4v) is 3.34. The van der Waals surface area contributed by atoms with Crippen LogP contribution in [0, 0.1) is 23.7 Å². The van der Waals surface area contributed by atoms with Gasteiger partial charge in [-0.05, 0) is 36.5 Å². The van der Waals surface area contributed by atoms with E-state index in [-0.39, 0.29) is 0 Å². The van der Waals surface area contributed by atoms with Gasteiger partial charge in [-0.1, -0.05) is 71.3 Å². The normalized spacial score (nSPS) is 23.6. The summed E-state index contributed by atoms with van der Waals surface area (Å²) in [5, 5.41) is 0. The van der Waals surface area contributed by atoms with Gasteiger partial charge in [-0.2, -0.15) is 0 Å². The van der Waals surface area contributed by atoms with Gasteiger partial charge >= 0.3 is 0 Å². The Morgan fingerprint density at radius 2 is 1.94 bits per heavy atom. The third-order valence-electron chi connectivity index (χ3n) is 4.27. The molecule has 0 aromatic carbocycles. The van der Waals surface area contributed by atoms with E-state index in [4.69, 9.17) is 0 Å². The summed E-state index contributed by atoms with van der Waals surface area (Å²) in [6.45, 7) is 11.8. The van der Waals surface area contributed by atoms with E-state index in [0.29, 0.717) is 0 Å². The maximum atomic E-state index is 2.57. The SMILES string of the molecule is CCCC1=CC(C(C(C)C)C(C)CC)CC=C1. The lowest BCUT2D eigenvalue weighted by Gasteiger charge is -2.34. The molecule has 1 aliphatic rings. The highest BCUT2D eigenvalue weighted by Gasteiger charge is 2.27. The van der Waals surface area contributed by atoms with Crippen molar-refractivity contribution in [3.05, 3.63) is 23.8 Å². The van der Waals surface area contributed by atoms with Crippen molar-refractivity contribution in [3.8, 4) is 0 Å². The standard InChI is InChI=1S/C17H30/c1-6-9-15-10-8-11-16(12-15)17(13(3)4)14(5)7-2/h8,10,12-14,16-17H,6-7,9,11H2,1-5H3. The van der Waals surface area contributed by atoms with E-state index in [1.165, 1.54) is 25.7 Å². The minimum Gasteiger partial charge on any atom is -0.0837 e. The minimum absolute atomic E-state index is 0.775. The van der Waals surface area contributed by atoms with Gasteiger partial charge in [0.15, 0.2) is 0 Å². The zero-order valence-corrected chi connectivity index (χ0v) is 12.4. The first kappa shape index (κ1) is 14.5. The molecule has 0 saturated carbocycles. The molecular formula is C17H30. The van der Waals surface area contributed by atoms with Gasteiger partial charge < -0.3 is 0 Å². The van der Waals surface area contributed by atoms with E-state index < -0.39 is 0 Å². The molecule has 3 unspecified atom stereocenters. The van der Waals surface area contributed by atoms with Crippen LogP contribution in [0.4, 0.5) is 0 Å². The third-order valence-corrected chi connectivity index (χ3v) is 4.27. The number of allylic oxidation sites excluding steroid dienone is 4. The summed E-state index contributed by atoms with van der Waals surface area (Å²) in [4.78, 5) is 0. The van der Waals surface area contributed by atoms with E-state index in [2.05, 4.69) is 52.8 Å². The molecule has 0 saturated heterocycles. The van der Waals surface area contributed by atoms with Gasteiger partial charge in [-0.25, -0.2) is 0 Å². The monoisotopic (exact) mass is 234 g/mol. The van der Waals surface area contributed by atoms with Gasteiger partial charge in [0, 0.05) is 0 Å². The second kappa shape index (κ2) is 7.03. The molecule has 0 radical (unpaired) electrons. The Morgan fingerprint density at radius 1 is 1.24 bits per heavy atom. The van der Waals surface area contributed by atoms with Crippen LogP contribution in [0.25, 0.3) is 0 Å². The summed E-state index contributed by atoms with van der Waals surface area (Å²) in [7, 11) is 0. The van der Waals surface area contributed by atoms with Crippen molar-refractivity contribution in [3.63, 3.8) is 0 Å². The Balaban J connectivity index is 2.78. The van der Waals surface area contributed by atoms with Crippen molar-refractivity contribution < 1.29 is 0 Å². The van der Waals surface area contributed by atoms with Crippen molar-refractivity contribution in [1.29, 1.82) is 0 Å². The molecule has 1 aliphatic carbocycles. The molecule has 0 N–H and O–H groups in total. The van der Waals surface area contributed by atoms with Crippen LogP contribution in [0.15, 0.2) is 23.8 Å². The molecule has 0 aromatic heterocycles. The van der Waals surface area contributed by atoms with Crippen LogP contribution >= 0.6 is 0 Å². The van der Waals surface area contributed by atoms with E-state index in [0.717, 1.165) is 23.7 Å². The highest BCUT2D eigenvalue weighted by atomic mass is 14.3. The molecule has 98 valence electrons. The fraction of sp³-hybridized carbons (Fsp3) is 0.765. The van der Waals surface area contributed by atoms with Crippen molar-refractivity contribution in [2.24, 2.45) is 23.7 Å². The summed E-state index contributed by atoms with van der Waals surface area (Å²) < 4.78 is 0. The number of hydrogen-bond acceptors (Lipinski definition) is 0. The van der Waals surface area contributed by atoms with Crippen LogP contribution in [-0.2, 0) is 0 Å². The summed E-state index contributed by atoms with van der Waals surface area (Å²) in [5.74, 6) is 3.25. The fourth-order valence-electron chi connectivity index (χ4n) is 3.34. The quantitative estimate of drug-likeness (QED) is 0.560. The van der Waals surface area contributed by atoms with Gasteiger partial charge in [0.05, 0.1) is 0 Å². The zero-order valence-electron chi connectivity index (χ0n) is 12.4. The lowest BCUT2D eigenvalue weighted by molar-refractivity contribution is 0.200. The molecule has 0 aromatic rings. The Hall–Kier alpha value is -0.520. The van der Waals surface area contributed by atoms with Crippen molar-refractivity contribution in [2.45, 2.75) is 60.3 Å². The van der Waals surface area contributed by atoms with E-state index in [9.17, 15) is 0 Å². The predicted octanol–water partition coefficient (Wildman–Crippen LogP) is 5.61. The smallest absolute Gasteiger partial charge is 0.0160 e. The first-order valence-electron chi connectivity index (χ1n) is 7.47. The highest BCUT2D eigenvalue weighted by molar-refractivity contribution is 5.24. The minimum atomic E-state index is 0.775. The molecule has 3 atom stereocenters. The second-order valence-corrected chi connectivity index (χ2v) is 6.00. The summed E-state index contributed by atoms with van der Waals surface area (Å²) >= 11 is 0. The van der Waals surface area contributed by atoms with Crippen LogP contribution in [-0.4, -0.2) is 0 Å². The molecule has 0 amide bonds. The summed E-state index contributed by atoms with van der Waals surface area (Å²) in [6, 6.07) is 0. The van der Waals surface area contributed by atoms with Crippen LogP contribution < -0.4 is 0 Å². The zero-order chi connectivity index (χ0) is 12.8. The van der Waals surface area contributed by atoms with Crippen LogP contribution in [0.3, 0.4) is 0 Å². The average Bonchev–Trinajstić information content (AvgIpc) is 2.29. The van der Waals surface area contributed by atoms with Gasteiger partial charge in [0.2, 0.25) is 0 Å². The van der Waals surface area contributed by atoms with Crippen molar-refractivity contribution in [2.75, 3.05) is 0 Å². The largest absolute Gasteiger partial charge is 0.0837 e. The topological polar surface area (TPSA) is 0 Å². The molecule has 0 fully saturated rings. The first-order chi connectivity index (χ1) is 8.10. The van der Waals surface area contributed by atoms with Gasteiger partial charge in [0.25, 0.3) is 0 Å². The van der Waals surface area contributed by atoms with Gasteiger partial charge in [-0.3, -0.25) is 0 Å². The molecule has 0 nitrogen and oxygen atoms in total. The Bertz CT molecular complexity index is 270. The Kier molecular flexibility index (Phi) is 6.02. The molecule has 0 spiro atoms. The summed E-state index contributed by atoms with van der Waals surface area (Å²) in [6.07, 6.45) is 12.4. The van der Waals surface area contributed by atoms with Gasteiger partial charge in [0.1, 0.15) is 0 Å². The van der Waals surface area contributed by atoms with E-state index >= 15 is 0 Å². The molecular weight excluding hydrogens is 204 g/mol. The number of hydrogen-bond donors (Lipinski definition) is 0. The third kappa shape index (κ3) is 4.01. The van der Waals surface area contributed by atoms with Gasteiger partial charge in [-0.15, -0.1) is 0 Å². The Labute approximate surface area is 108 Å². The maximum absolute atomic E-state index is 2.57. The lowest BCUT2D eigenvalue weighted by atomic mass is 9.71. The highest BCUT2D eigenvalue weighted by Crippen LogP contribution is 2.36. The lowest BCUT2D eigenvalue weighted by Crippen LogP contribution is -2.26. The summed E-state index contributed by atoms with van der Waals surface area (Å²) in [5.41, 5.74) is 1.57. The molecule has 17 heavy (non-hydrogen) atoms. The maximum Gasteiger partial charge on any atom is -0.0160 e. The number of rotatable bonds is 6. The van der Waals surface area contributed by atoms with Crippen LogP contribution in [0.1, 0.15) is 60.3 Å². The Morgan fingerprint density at radius 3 is 2.47 bits per heavy atom. The first-order valence-corrected chi connectivity index (χ1v) is 7.47.